The molecule has 6 heteroatoms. The van der Waals surface area contributed by atoms with Gasteiger partial charge in [-0.2, -0.15) is 4.98 Å². The van der Waals surface area contributed by atoms with Crippen molar-refractivity contribution in [3.8, 4) is 0 Å². The van der Waals surface area contributed by atoms with Crippen molar-refractivity contribution in [2.24, 2.45) is 4.99 Å². The Balaban J connectivity index is 1.61. The lowest BCUT2D eigenvalue weighted by molar-refractivity contribution is 0.372. The Kier molecular flexibility index (Phi) is 6.41. The molecule has 0 saturated heterocycles. The average Bonchev–Trinajstić information content (AvgIpc) is 2.96. The van der Waals surface area contributed by atoms with Gasteiger partial charge in [-0.3, -0.25) is 4.99 Å². The molecule has 0 bridgehead atoms. The topological polar surface area (TPSA) is 75.3 Å². The van der Waals surface area contributed by atoms with Gasteiger partial charge in [0.2, 0.25) is 5.89 Å². The minimum Gasteiger partial charge on any atom is -0.356 e. The van der Waals surface area contributed by atoms with Crippen molar-refractivity contribution < 1.29 is 4.52 Å². The molecule has 2 rings (SSSR count). The first-order valence-electron chi connectivity index (χ1n) is 7.55. The van der Waals surface area contributed by atoms with Crippen LogP contribution in [0.25, 0.3) is 0 Å². The number of aryl methyl sites for hydroxylation is 2. The van der Waals surface area contributed by atoms with Crippen LogP contribution in [0, 0.1) is 6.92 Å². The largest absolute Gasteiger partial charge is 0.356 e. The minimum absolute atomic E-state index is 0.682. The number of benzene rings is 1. The van der Waals surface area contributed by atoms with E-state index in [2.05, 4.69) is 50.0 Å². The van der Waals surface area contributed by atoms with Crippen molar-refractivity contribution in [3.63, 3.8) is 0 Å². The molecule has 1 aromatic heterocycles. The Labute approximate surface area is 131 Å². The summed E-state index contributed by atoms with van der Waals surface area (Å²) in [7, 11) is 1.78. The molecular weight excluding hydrogens is 278 g/mol. The zero-order chi connectivity index (χ0) is 15.6. The Morgan fingerprint density at radius 3 is 2.59 bits per heavy atom. The number of nitrogens with zero attached hydrogens (tertiary/aromatic N) is 3. The maximum Gasteiger partial charge on any atom is 0.226 e. The highest BCUT2D eigenvalue weighted by Crippen LogP contribution is 1.99. The lowest BCUT2D eigenvalue weighted by Crippen LogP contribution is -2.38. The van der Waals surface area contributed by atoms with Gasteiger partial charge in [0.05, 0.1) is 0 Å². The molecule has 0 amide bonds. The van der Waals surface area contributed by atoms with E-state index >= 15 is 0 Å². The molecule has 0 radical (unpaired) electrons. The third-order valence-corrected chi connectivity index (χ3v) is 3.20. The summed E-state index contributed by atoms with van der Waals surface area (Å²) < 4.78 is 5.08. The number of hydrogen-bond acceptors (Lipinski definition) is 4. The number of aromatic nitrogens is 2. The molecule has 0 spiro atoms. The summed E-state index contributed by atoms with van der Waals surface area (Å²) in [6.07, 6.45) is 2.67. The van der Waals surface area contributed by atoms with Crippen LogP contribution in [0.3, 0.4) is 0 Å². The van der Waals surface area contributed by atoms with Gasteiger partial charge in [-0.05, 0) is 25.3 Å². The van der Waals surface area contributed by atoms with Crippen LogP contribution < -0.4 is 10.6 Å². The maximum absolute atomic E-state index is 5.08. The van der Waals surface area contributed by atoms with Crippen LogP contribution in [0.5, 0.6) is 0 Å². The van der Waals surface area contributed by atoms with Crippen molar-refractivity contribution in [1.82, 2.24) is 20.8 Å². The van der Waals surface area contributed by atoms with E-state index in [1.807, 2.05) is 13.0 Å². The summed E-state index contributed by atoms with van der Waals surface area (Å²) in [6.45, 7) is 3.49. The molecule has 0 unspecified atom stereocenters. The molecule has 0 aliphatic carbocycles. The first-order chi connectivity index (χ1) is 10.8. The monoisotopic (exact) mass is 301 g/mol. The summed E-state index contributed by atoms with van der Waals surface area (Å²) >= 11 is 0. The second-order valence-electron chi connectivity index (χ2n) is 5.00. The molecule has 0 saturated carbocycles. The highest BCUT2D eigenvalue weighted by molar-refractivity contribution is 5.79. The SMILES string of the molecule is CN=C(NCCCc1nc(C)no1)NCCc1ccccc1. The van der Waals surface area contributed by atoms with E-state index in [9.17, 15) is 0 Å². The van der Waals surface area contributed by atoms with E-state index in [4.69, 9.17) is 4.52 Å². The number of nitrogens with one attached hydrogen (secondary N) is 2. The third kappa shape index (κ3) is 5.55. The van der Waals surface area contributed by atoms with E-state index < -0.39 is 0 Å². The summed E-state index contributed by atoms with van der Waals surface area (Å²) in [5, 5.41) is 10.4. The average molecular weight is 301 g/mol. The van der Waals surface area contributed by atoms with E-state index in [-0.39, 0.29) is 0 Å². The molecule has 22 heavy (non-hydrogen) atoms. The van der Waals surface area contributed by atoms with Gasteiger partial charge >= 0.3 is 0 Å². The van der Waals surface area contributed by atoms with Crippen LogP contribution in [0.4, 0.5) is 0 Å². The van der Waals surface area contributed by atoms with Crippen LogP contribution in [0.2, 0.25) is 0 Å². The fourth-order valence-corrected chi connectivity index (χ4v) is 2.08. The maximum atomic E-state index is 5.08. The molecule has 2 aromatic rings. The predicted molar refractivity (Wildman–Crippen MR) is 86.9 cm³/mol. The molecule has 118 valence electrons. The fraction of sp³-hybridized carbons (Fsp3) is 0.438. The molecule has 6 nitrogen and oxygen atoms in total. The summed E-state index contributed by atoms with van der Waals surface area (Å²) in [4.78, 5) is 8.39. The zero-order valence-corrected chi connectivity index (χ0v) is 13.2. The third-order valence-electron chi connectivity index (χ3n) is 3.20. The van der Waals surface area contributed by atoms with Gasteiger partial charge in [-0.15, -0.1) is 0 Å². The Bertz CT molecular complexity index is 579. The van der Waals surface area contributed by atoms with Crippen LogP contribution in [0.15, 0.2) is 39.8 Å². The van der Waals surface area contributed by atoms with Gasteiger partial charge in [0.25, 0.3) is 0 Å². The predicted octanol–water partition coefficient (Wildman–Crippen LogP) is 1.72. The van der Waals surface area contributed by atoms with Crippen molar-refractivity contribution in [2.75, 3.05) is 20.1 Å². The number of rotatable bonds is 7. The Morgan fingerprint density at radius 2 is 1.91 bits per heavy atom. The lowest BCUT2D eigenvalue weighted by Gasteiger charge is -2.11. The van der Waals surface area contributed by atoms with Crippen molar-refractivity contribution in [1.29, 1.82) is 0 Å². The molecule has 0 aliphatic rings. The van der Waals surface area contributed by atoms with Gasteiger partial charge in [0.15, 0.2) is 11.8 Å². The first-order valence-corrected chi connectivity index (χ1v) is 7.55. The Morgan fingerprint density at radius 1 is 1.14 bits per heavy atom. The molecule has 0 fully saturated rings. The molecule has 0 atom stereocenters. The lowest BCUT2D eigenvalue weighted by atomic mass is 10.1. The highest BCUT2D eigenvalue weighted by Gasteiger charge is 2.02. The van der Waals surface area contributed by atoms with Crippen molar-refractivity contribution in [2.45, 2.75) is 26.2 Å². The normalized spacial score (nSPS) is 11.5. The van der Waals surface area contributed by atoms with Crippen LogP contribution in [-0.2, 0) is 12.8 Å². The fourth-order valence-electron chi connectivity index (χ4n) is 2.08. The molecule has 1 heterocycles. The summed E-state index contributed by atoms with van der Waals surface area (Å²) in [6, 6.07) is 10.4. The van der Waals surface area contributed by atoms with Gasteiger partial charge in [0.1, 0.15) is 0 Å². The van der Waals surface area contributed by atoms with Crippen LogP contribution in [-0.4, -0.2) is 36.2 Å². The second kappa shape index (κ2) is 8.81. The second-order valence-corrected chi connectivity index (χ2v) is 5.00. The molecule has 2 N–H and O–H groups in total. The van der Waals surface area contributed by atoms with Crippen molar-refractivity contribution in [3.05, 3.63) is 47.6 Å². The zero-order valence-electron chi connectivity index (χ0n) is 13.2. The number of aliphatic imine (C=N–C) groups is 1. The standard InChI is InChI=1S/C16H23N5O/c1-13-20-15(22-21-13)9-6-11-18-16(17-2)19-12-10-14-7-4-3-5-8-14/h3-5,7-8H,6,9-12H2,1-2H3,(H2,17,18,19). The first kappa shape index (κ1) is 16.0. The molecule has 1 aromatic carbocycles. The molecule has 0 aliphatic heterocycles. The number of hydrogen-bond donors (Lipinski definition) is 2. The van der Waals surface area contributed by atoms with Crippen LogP contribution in [0.1, 0.15) is 23.7 Å². The van der Waals surface area contributed by atoms with E-state index in [1.165, 1.54) is 5.56 Å². The summed E-state index contributed by atoms with van der Waals surface area (Å²) in [5.41, 5.74) is 1.32. The highest BCUT2D eigenvalue weighted by atomic mass is 16.5. The summed E-state index contributed by atoms with van der Waals surface area (Å²) in [5.74, 6) is 2.19. The molecular formula is C16H23N5O. The Hall–Kier alpha value is -2.37. The van der Waals surface area contributed by atoms with Gasteiger partial charge in [0, 0.05) is 26.6 Å². The van der Waals surface area contributed by atoms with Crippen molar-refractivity contribution >= 4 is 5.96 Å². The van der Waals surface area contributed by atoms with Gasteiger partial charge in [-0.25, -0.2) is 0 Å². The van der Waals surface area contributed by atoms with Gasteiger partial charge < -0.3 is 15.2 Å². The quantitative estimate of drug-likeness (QED) is 0.463. The smallest absolute Gasteiger partial charge is 0.226 e. The minimum atomic E-state index is 0.682. The van der Waals surface area contributed by atoms with Gasteiger partial charge in [-0.1, -0.05) is 35.5 Å². The van der Waals surface area contributed by atoms with E-state index in [0.717, 1.165) is 38.3 Å². The number of guanidine groups is 1. The van der Waals surface area contributed by atoms with E-state index in [0.29, 0.717) is 11.7 Å². The van der Waals surface area contributed by atoms with Crippen LogP contribution >= 0.6 is 0 Å². The van der Waals surface area contributed by atoms with E-state index in [1.54, 1.807) is 7.05 Å².